The molecule has 1 aliphatic heterocycles. The molecule has 0 saturated carbocycles. The van der Waals surface area contributed by atoms with Crippen LogP contribution in [0, 0.1) is 12.8 Å². The van der Waals surface area contributed by atoms with Crippen LogP contribution in [-0.2, 0) is 14.6 Å². The number of piperidine rings is 1. The van der Waals surface area contributed by atoms with Crippen LogP contribution in [0.25, 0.3) is 0 Å². The zero-order chi connectivity index (χ0) is 14.8. The summed E-state index contributed by atoms with van der Waals surface area (Å²) in [7, 11) is -3.27. The van der Waals surface area contributed by atoms with Crippen LogP contribution in [0.5, 0.6) is 0 Å². The fraction of sp³-hybridized carbons (Fsp3) is 0.500. The summed E-state index contributed by atoms with van der Waals surface area (Å²) in [4.78, 5) is 12.4. The molecule has 6 heteroatoms. The predicted octanol–water partition coefficient (Wildman–Crippen LogP) is 1.34. The van der Waals surface area contributed by atoms with Crippen molar-refractivity contribution in [3.8, 4) is 0 Å². The average molecular weight is 296 g/mol. The van der Waals surface area contributed by atoms with Crippen molar-refractivity contribution in [2.24, 2.45) is 5.92 Å². The first-order valence-corrected chi connectivity index (χ1v) is 8.59. The number of sulfone groups is 1. The van der Waals surface area contributed by atoms with Crippen LogP contribution >= 0.6 is 0 Å². The number of aryl methyl sites for hydroxylation is 1. The third-order valence-electron chi connectivity index (χ3n) is 3.56. The van der Waals surface area contributed by atoms with Crippen LogP contribution in [-0.4, -0.2) is 33.7 Å². The van der Waals surface area contributed by atoms with Crippen molar-refractivity contribution in [3.05, 3.63) is 23.8 Å². The van der Waals surface area contributed by atoms with Gasteiger partial charge in [-0.25, -0.2) is 8.42 Å². The molecule has 1 saturated heterocycles. The lowest BCUT2D eigenvalue weighted by Gasteiger charge is -2.22. The molecule has 2 N–H and O–H groups in total. The summed E-state index contributed by atoms with van der Waals surface area (Å²) in [6.45, 7) is 3.48. The van der Waals surface area contributed by atoms with E-state index in [4.69, 9.17) is 0 Å². The quantitative estimate of drug-likeness (QED) is 0.882. The molecular weight excluding hydrogens is 276 g/mol. The van der Waals surface area contributed by atoms with Crippen molar-refractivity contribution in [1.29, 1.82) is 0 Å². The highest BCUT2D eigenvalue weighted by molar-refractivity contribution is 7.90. The van der Waals surface area contributed by atoms with Crippen molar-refractivity contribution in [2.45, 2.75) is 24.7 Å². The standard InChI is InChI=1S/C14H20N2O3S/c1-10-5-6-12(20(2,18)19)8-13(10)16-14(17)11-4-3-7-15-9-11/h5-6,8,11,15H,3-4,7,9H2,1-2H3,(H,16,17)/t11-/m1/s1. The molecule has 1 aromatic rings. The van der Waals surface area contributed by atoms with Gasteiger partial charge in [0.25, 0.3) is 0 Å². The van der Waals surface area contributed by atoms with E-state index in [9.17, 15) is 13.2 Å². The second-order valence-corrected chi connectivity index (χ2v) is 7.30. The smallest absolute Gasteiger partial charge is 0.228 e. The van der Waals surface area contributed by atoms with Gasteiger partial charge in [-0.1, -0.05) is 6.07 Å². The zero-order valence-electron chi connectivity index (χ0n) is 11.8. The zero-order valence-corrected chi connectivity index (χ0v) is 12.6. The van der Waals surface area contributed by atoms with E-state index < -0.39 is 9.84 Å². The Bertz CT molecular complexity index is 605. The maximum absolute atomic E-state index is 12.2. The molecule has 0 aromatic heterocycles. The molecule has 2 rings (SSSR count). The SMILES string of the molecule is Cc1ccc(S(C)(=O)=O)cc1NC(=O)[C@@H]1CCCNC1. The van der Waals surface area contributed by atoms with Gasteiger partial charge < -0.3 is 10.6 Å². The Morgan fingerprint density at radius 1 is 1.40 bits per heavy atom. The number of carbonyl (C=O) groups excluding carboxylic acids is 1. The summed E-state index contributed by atoms with van der Waals surface area (Å²) in [5.41, 5.74) is 1.43. The Kier molecular flexibility index (Phi) is 4.45. The van der Waals surface area contributed by atoms with Crippen LogP contribution in [0.15, 0.2) is 23.1 Å². The number of hydrogen-bond donors (Lipinski definition) is 2. The Morgan fingerprint density at radius 2 is 2.15 bits per heavy atom. The van der Waals surface area contributed by atoms with Crippen molar-refractivity contribution in [3.63, 3.8) is 0 Å². The van der Waals surface area contributed by atoms with E-state index in [1.165, 1.54) is 6.07 Å². The molecule has 0 aliphatic carbocycles. The number of nitrogens with one attached hydrogen (secondary N) is 2. The second-order valence-electron chi connectivity index (χ2n) is 5.28. The van der Waals surface area contributed by atoms with Gasteiger partial charge in [0, 0.05) is 18.5 Å². The minimum atomic E-state index is -3.27. The molecule has 1 atom stereocenters. The molecule has 1 fully saturated rings. The minimum absolute atomic E-state index is 0.0500. The minimum Gasteiger partial charge on any atom is -0.326 e. The summed E-state index contributed by atoms with van der Waals surface area (Å²) in [6, 6.07) is 4.80. The average Bonchev–Trinajstić information content (AvgIpc) is 2.41. The summed E-state index contributed by atoms with van der Waals surface area (Å²) >= 11 is 0. The third kappa shape index (κ3) is 3.58. The number of carbonyl (C=O) groups is 1. The highest BCUT2D eigenvalue weighted by Gasteiger charge is 2.21. The first kappa shape index (κ1) is 15.0. The van der Waals surface area contributed by atoms with Crippen LogP contribution < -0.4 is 10.6 Å². The fourth-order valence-corrected chi connectivity index (χ4v) is 2.92. The van der Waals surface area contributed by atoms with Gasteiger partial charge in [-0.05, 0) is 44.0 Å². The molecule has 20 heavy (non-hydrogen) atoms. The van der Waals surface area contributed by atoms with E-state index in [2.05, 4.69) is 10.6 Å². The lowest BCUT2D eigenvalue weighted by Crippen LogP contribution is -2.37. The molecule has 1 aliphatic rings. The Labute approximate surface area is 119 Å². The highest BCUT2D eigenvalue weighted by atomic mass is 32.2. The van der Waals surface area contributed by atoms with E-state index in [1.54, 1.807) is 12.1 Å². The molecule has 5 nitrogen and oxygen atoms in total. The van der Waals surface area contributed by atoms with Crippen LogP contribution in [0.1, 0.15) is 18.4 Å². The molecule has 110 valence electrons. The Balaban J connectivity index is 2.18. The van der Waals surface area contributed by atoms with Gasteiger partial charge >= 0.3 is 0 Å². The fourth-order valence-electron chi connectivity index (χ4n) is 2.28. The molecule has 1 amide bonds. The van der Waals surface area contributed by atoms with Crippen LogP contribution in [0.2, 0.25) is 0 Å². The van der Waals surface area contributed by atoms with Gasteiger partial charge in [0.15, 0.2) is 9.84 Å². The lowest BCUT2D eigenvalue weighted by atomic mass is 9.98. The summed E-state index contributed by atoms with van der Waals surface area (Å²) < 4.78 is 23.1. The number of rotatable bonds is 3. The Hall–Kier alpha value is -1.40. The first-order chi connectivity index (χ1) is 9.38. The normalized spacial score (nSPS) is 19.6. The van der Waals surface area contributed by atoms with Gasteiger partial charge in [-0.15, -0.1) is 0 Å². The van der Waals surface area contributed by atoms with Gasteiger partial charge in [-0.3, -0.25) is 4.79 Å². The predicted molar refractivity (Wildman–Crippen MR) is 78.5 cm³/mol. The second kappa shape index (κ2) is 5.93. The number of hydrogen-bond acceptors (Lipinski definition) is 4. The van der Waals surface area contributed by atoms with Crippen molar-refractivity contribution in [2.75, 3.05) is 24.7 Å². The summed E-state index contributed by atoms with van der Waals surface area (Å²) in [5.74, 6) is -0.101. The van der Waals surface area contributed by atoms with Crippen molar-refractivity contribution < 1.29 is 13.2 Å². The van der Waals surface area contributed by atoms with E-state index in [-0.39, 0.29) is 16.7 Å². The number of amides is 1. The van der Waals surface area contributed by atoms with Crippen LogP contribution in [0.3, 0.4) is 0 Å². The maximum atomic E-state index is 12.2. The number of anilines is 1. The van der Waals surface area contributed by atoms with Crippen molar-refractivity contribution >= 4 is 21.4 Å². The molecule has 0 bridgehead atoms. The topological polar surface area (TPSA) is 75.3 Å². The molecule has 0 spiro atoms. The summed E-state index contributed by atoms with van der Waals surface area (Å²) in [6.07, 6.45) is 3.01. The molecular formula is C14H20N2O3S. The highest BCUT2D eigenvalue weighted by Crippen LogP contribution is 2.21. The van der Waals surface area contributed by atoms with Gasteiger partial charge in [0.1, 0.15) is 0 Å². The Morgan fingerprint density at radius 3 is 2.75 bits per heavy atom. The molecule has 0 unspecified atom stereocenters. The maximum Gasteiger partial charge on any atom is 0.228 e. The first-order valence-electron chi connectivity index (χ1n) is 6.70. The molecule has 1 heterocycles. The largest absolute Gasteiger partial charge is 0.326 e. The van der Waals surface area contributed by atoms with E-state index >= 15 is 0 Å². The van der Waals surface area contributed by atoms with Crippen molar-refractivity contribution in [1.82, 2.24) is 5.32 Å². The molecule has 1 aromatic carbocycles. The van der Waals surface area contributed by atoms with Gasteiger partial charge in [0.05, 0.1) is 10.8 Å². The molecule has 0 radical (unpaired) electrons. The van der Waals surface area contributed by atoms with Gasteiger partial charge in [-0.2, -0.15) is 0 Å². The summed E-state index contributed by atoms with van der Waals surface area (Å²) in [5, 5.41) is 6.04. The van der Waals surface area contributed by atoms with Gasteiger partial charge in [0.2, 0.25) is 5.91 Å². The van der Waals surface area contributed by atoms with Crippen LogP contribution in [0.4, 0.5) is 5.69 Å². The number of benzene rings is 1. The monoisotopic (exact) mass is 296 g/mol. The van der Waals surface area contributed by atoms with E-state index in [1.807, 2.05) is 6.92 Å². The van der Waals surface area contributed by atoms with E-state index in [0.717, 1.165) is 31.2 Å². The lowest BCUT2D eigenvalue weighted by molar-refractivity contribution is -0.120. The van der Waals surface area contributed by atoms with E-state index in [0.29, 0.717) is 12.2 Å². The third-order valence-corrected chi connectivity index (χ3v) is 4.67.